The minimum Gasteiger partial charge on any atom is -0.315 e. The van der Waals surface area contributed by atoms with E-state index < -0.39 is 26.6 Å². The van der Waals surface area contributed by atoms with Crippen LogP contribution in [0.3, 0.4) is 0 Å². The molecule has 0 amide bonds. The second kappa shape index (κ2) is 5.75. The van der Waals surface area contributed by atoms with Gasteiger partial charge in [-0.25, -0.2) is 17.2 Å². The molecular formula is C13H18F2N2O2S. The summed E-state index contributed by atoms with van der Waals surface area (Å²) in [5.74, 6) is -1.75. The van der Waals surface area contributed by atoms with Crippen LogP contribution in [0.5, 0.6) is 0 Å². The van der Waals surface area contributed by atoms with Gasteiger partial charge in [0.2, 0.25) is 10.0 Å². The fraction of sp³-hybridized carbons (Fsp3) is 0.538. The molecule has 1 atom stereocenters. The molecule has 0 saturated carbocycles. The number of benzene rings is 1. The first kappa shape index (κ1) is 15.3. The average molecular weight is 304 g/mol. The summed E-state index contributed by atoms with van der Waals surface area (Å²) < 4.78 is 54.1. The molecule has 20 heavy (non-hydrogen) atoms. The maximum Gasteiger partial charge on any atom is 0.246 e. The highest BCUT2D eigenvalue weighted by molar-refractivity contribution is 7.89. The number of nitrogens with zero attached hydrogens (tertiary/aromatic N) is 1. The Morgan fingerprint density at radius 2 is 2.10 bits per heavy atom. The molecule has 0 radical (unpaired) electrons. The molecule has 0 spiro atoms. The van der Waals surface area contributed by atoms with E-state index in [1.54, 1.807) is 14.0 Å². The minimum absolute atomic E-state index is 0.0589. The lowest BCUT2D eigenvalue weighted by molar-refractivity contribution is 0.403. The molecule has 4 nitrogen and oxygen atoms in total. The van der Waals surface area contributed by atoms with E-state index >= 15 is 0 Å². The molecule has 0 aliphatic carbocycles. The molecule has 0 aromatic heterocycles. The molecule has 1 aliphatic rings. The van der Waals surface area contributed by atoms with Crippen LogP contribution in [0.15, 0.2) is 17.0 Å². The summed E-state index contributed by atoms with van der Waals surface area (Å²) in [7, 11) is -2.37. The molecule has 7 heteroatoms. The van der Waals surface area contributed by atoms with Crippen LogP contribution in [0, 0.1) is 11.6 Å². The van der Waals surface area contributed by atoms with Gasteiger partial charge in [0.15, 0.2) is 5.82 Å². The van der Waals surface area contributed by atoms with Crippen LogP contribution in [-0.4, -0.2) is 32.4 Å². The lowest BCUT2D eigenvalue weighted by atomic mass is 10.2. The Labute approximate surface area is 117 Å². The predicted octanol–water partition coefficient (Wildman–Crippen LogP) is 1.86. The molecule has 1 heterocycles. The highest BCUT2D eigenvalue weighted by Crippen LogP contribution is 2.29. The van der Waals surface area contributed by atoms with Gasteiger partial charge in [-0.15, -0.1) is 0 Å². The zero-order valence-corrected chi connectivity index (χ0v) is 12.3. The Hall–Kier alpha value is -1.05. The van der Waals surface area contributed by atoms with E-state index in [2.05, 4.69) is 5.32 Å². The van der Waals surface area contributed by atoms with Gasteiger partial charge in [-0.1, -0.05) is 0 Å². The Kier molecular flexibility index (Phi) is 4.41. The van der Waals surface area contributed by atoms with E-state index in [0.717, 1.165) is 25.0 Å². The number of sulfonamides is 1. The lowest BCUT2D eigenvalue weighted by Crippen LogP contribution is -2.34. The molecule has 112 valence electrons. The fourth-order valence-corrected chi connectivity index (χ4v) is 4.30. The van der Waals surface area contributed by atoms with E-state index in [9.17, 15) is 17.2 Å². The molecule has 1 aromatic carbocycles. The summed E-state index contributed by atoms with van der Waals surface area (Å²) in [6.45, 7) is 2.11. The Balaban J connectivity index is 2.49. The molecule has 1 saturated heterocycles. The van der Waals surface area contributed by atoms with E-state index in [-0.39, 0.29) is 18.2 Å². The van der Waals surface area contributed by atoms with Crippen LogP contribution in [-0.2, 0) is 16.6 Å². The van der Waals surface area contributed by atoms with E-state index in [1.807, 2.05) is 0 Å². The average Bonchev–Trinajstić information content (AvgIpc) is 2.81. The van der Waals surface area contributed by atoms with E-state index in [0.29, 0.717) is 6.54 Å². The maximum atomic E-state index is 14.3. The van der Waals surface area contributed by atoms with Gasteiger partial charge in [-0.3, -0.25) is 0 Å². The zero-order valence-electron chi connectivity index (χ0n) is 11.5. The SMILES string of the molecule is CNCc1c(F)ccc(S(=O)(=O)N2CCCC2C)c1F. The molecule has 2 rings (SSSR count). The summed E-state index contributed by atoms with van der Waals surface area (Å²) in [5, 5.41) is 2.63. The van der Waals surface area contributed by atoms with Crippen LogP contribution in [0.1, 0.15) is 25.3 Å². The number of hydrogen-bond acceptors (Lipinski definition) is 3. The second-order valence-corrected chi connectivity index (χ2v) is 6.83. The van der Waals surface area contributed by atoms with Gasteiger partial charge in [0.25, 0.3) is 0 Å². The van der Waals surface area contributed by atoms with Gasteiger partial charge in [0, 0.05) is 24.7 Å². The first-order valence-electron chi connectivity index (χ1n) is 6.53. The maximum absolute atomic E-state index is 14.3. The van der Waals surface area contributed by atoms with Gasteiger partial charge in [-0.2, -0.15) is 4.31 Å². The molecule has 0 bridgehead atoms. The van der Waals surface area contributed by atoms with E-state index in [4.69, 9.17) is 0 Å². The fourth-order valence-electron chi connectivity index (χ4n) is 2.50. The number of hydrogen-bond donors (Lipinski definition) is 1. The van der Waals surface area contributed by atoms with Crippen molar-refractivity contribution in [3.8, 4) is 0 Å². The van der Waals surface area contributed by atoms with Crippen molar-refractivity contribution < 1.29 is 17.2 Å². The Morgan fingerprint density at radius 1 is 1.40 bits per heavy atom. The van der Waals surface area contributed by atoms with Crippen LogP contribution in [0.2, 0.25) is 0 Å². The first-order valence-corrected chi connectivity index (χ1v) is 7.97. The normalized spacial score (nSPS) is 20.5. The molecule has 1 aromatic rings. The quantitative estimate of drug-likeness (QED) is 0.923. The molecule has 1 N–H and O–H groups in total. The third-order valence-electron chi connectivity index (χ3n) is 3.58. The summed E-state index contributed by atoms with van der Waals surface area (Å²) >= 11 is 0. The first-order chi connectivity index (χ1) is 9.39. The van der Waals surface area contributed by atoms with Crippen molar-refractivity contribution in [2.75, 3.05) is 13.6 Å². The Bertz CT molecular complexity index is 605. The number of halogens is 2. The molecule has 1 fully saturated rings. The zero-order chi connectivity index (χ0) is 14.9. The van der Waals surface area contributed by atoms with Gasteiger partial charge in [0.1, 0.15) is 10.7 Å². The third-order valence-corrected chi connectivity index (χ3v) is 5.61. The summed E-state index contributed by atoms with van der Waals surface area (Å²) in [6.07, 6.45) is 1.51. The van der Waals surface area contributed by atoms with Crippen molar-refractivity contribution in [1.29, 1.82) is 0 Å². The van der Waals surface area contributed by atoms with Crippen molar-refractivity contribution in [2.45, 2.75) is 37.2 Å². The molecule has 1 aliphatic heterocycles. The highest BCUT2D eigenvalue weighted by atomic mass is 32.2. The van der Waals surface area contributed by atoms with E-state index in [1.165, 1.54) is 4.31 Å². The highest BCUT2D eigenvalue weighted by Gasteiger charge is 2.35. The lowest BCUT2D eigenvalue weighted by Gasteiger charge is -2.21. The van der Waals surface area contributed by atoms with Crippen LogP contribution in [0.25, 0.3) is 0 Å². The van der Waals surface area contributed by atoms with Gasteiger partial charge >= 0.3 is 0 Å². The summed E-state index contributed by atoms with van der Waals surface area (Å²) in [5.41, 5.74) is -0.250. The Morgan fingerprint density at radius 3 is 2.65 bits per heavy atom. The summed E-state index contributed by atoms with van der Waals surface area (Å²) in [4.78, 5) is -0.446. The smallest absolute Gasteiger partial charge is 0.246 e. The molecular weight excluding hydrogens is 286 g/mol. The standard InChI is InChI=1S/C13H18F2N2O2S/c1-9-4-3-7-17(9)20(18,19)12-6-5-11(14)10(8-16-2)13(12)15/h5-6,9,16H,3-4,7-8H2,1-2H3. The van der Waals surface area contributed by atoms with Gasteiger partial charge in [0.05, 0.1) is 0 Å². The van der Waals surface area contributed by atoms with Crippen molar-refractivity contribution in [3.63, 3.8) is 0 Å². The third kappa shape index (κ3) is 2.57. The predicted molar refractivity (Wildman–Crippen MR) is 71.7 cm³/mol. The van der Waals surface area contributed by atoms with Crippen molar-refractivity contribution >= 4 is 10.0 Å². The van der Waals surface area contributed by atoms with Crippen molar-refractivity contribution in [2.24, 2.45) is 0 Å². The van der Waals surface area contributed by atoms with Crippen molar-refractivity contribution in [1.82, 2.24) is 9.62 Å². The topological polar surface area (TPSA) is 49.4 Å². The number of rotatable bonds is 4. The van der Waals surface area contributed by atoms with Crippen LogP contribution >= 0.6 is 0 Å². The van der Waals surface area contributed by atoms with Gasteiger partial charge < -0.3 is 5.32 Å². The minimum atomic E-state index is -3.91. The van der Waals surface area contributed by atoms with Crippen molar-refractivity contribution in [3.05, 3.63) is 29.3 Å². The monoisotopic (exact) mass is 304 g/mol. The number of nitrogens with one attached hydrogen (secondary N) is 1. The molecule has 1 unspecified atom stereocenters. The van der Waals surface area contributed by atoms with Crippen LogP contribution in [0.4, 0.5) is 8.78 Å². The summed E-state index contributed by atoms with van der Waals surface area (Å²) in [6, 6.07) is 1.85. The van der Waals surface area contributed by atoms with Gasteiger partial charge in [-0.05, 0) is 38.9 Å². The largest absolute Gasteiger partial charge is 0.315 e. The second-order valence-electron chi connectivity index (χ2n) is 4.98. The van der Waals surface area contributed by atoms with Crippen LogP contribution < -0.4 is 5.32 Å².